The molecule has 0 atom stereocenters. The molecule has 1 N–H and O–H groups in total. The van der Waals surface area contributed by atoms with Crippen LogP contribution in [0.5, 0.6) is 0 Å². The Morgan fingerprint density at radius 2 is 1.44 bits per heavy atom. The van der Waals surface area contributed by atoms with Gasteiger partial charge >= 0.3 is 0 Å². The van der Waals surface area contributed by atoms with Gasteiger partial charge < -0.3 is 5.11 Å². The molecule has 0 saturated heterocycles. The van der Waals surface area contributed by atoms with Gasteiger partial charge in [-0.25, -0.2) is 0 Å². The Hall–Kier alpha value is 0.183. The van der Waals surface area contributed by atoms with Crippen molar-refractivity contribution in [3.8, 4) is 0 Å². The number of carbonyl (C=O) groups is 2. The van der Waals surface area contributed by atoms with Crippen molar-refractivity contribution < 1.29 is 40.9 Å². The molecule has 0 aromatic heterocycles. The van der Waals surface area contributed by atoms with E-state index in [-0.39, 0.29) is 26.2 Å². The van der Waals surface area contributed by atoms with Crippen LogP contribution in [0, 0.1) is 0 Å². The maximum Gasteiger partial charge on any atom is 0.170 e. The molecule has 0 aliphatic carbocycles. The molecule has 0 saturated carbocycles. The summed E-state index contributed by atoms with van der Waals surface area (Å²) in [5.74, 6) is -1.00. The Bertz CT molecular complexity index is 107. The van der Waals surface area contributed by atoms with E-state index in [1.165, 1.54) is 13.8 Å². The van der Waals surface area contributed by atoms with Gasteiger partial charge in [-0.05, 0) is 13.8 Å². The van der Waals surface area contributed by atoms with E-state index in [1.807, 2.05) is 0 Å². The zero-order valence-electron chi connectivity index (χ0n) is 5.34. The fourth-order valence-corrected chi connectivity index (χ4v) is 0.286. The third kappa shape index (κ3) is 4.67. The van der Waals surface area contributed by atoms with Crippen molar-refractivity contribution in [1.82, 2.24) is 0 Å². The zero-order valence-corrected chi connectivity index (χ0v) is 7.80. The number of hydrogen-bond acceptors (Lipinski definition) is 3. The molecular formula is C5H8O3Zr. The van der Waals surface area contributed by atoms with Gasteiger partial charge in [0.15, 0.2) is 17.7 Å². The molecule has 0 heterocycles. The minimum Gasteiger partial charge on any atom is -0.378 e. The first-order chi connectivity index (χ1) is 3.55. The summed E-state index contributed by atoms with van der Waals surface area (Å²) in [6.45, 7) is 2.35. The molecule has 0 aliphatic heterocycles. The quantitative estimate of drug-likeness (QED) is 0.622. The molecule has 0 aliphatic rings. The first-order valence-electron chi connectivity index (χ1n) is 2.24. The van der Waals surface area contributed by atoms with E-state index >= 15 is 0 Å². The maximum atomic E-state index is 10.1. The molecule has 3 nitrogen and oxygen atoms in total. The summed E-state index contributed by atoms with van der Waals surface area (Å²) in [7, 11) is 0. The Morgan fingerprint density at radius 3 is 1.44 bits per heavy atom. The van der Waals surface area contributed by atoms with Gasteiger partial charge in [-0.1, -0.05) is 0 Å². The second-order valence-corrected chi connectivity index (χ2v) is 1.62. The van der Waals surface area contributed by atoms with Crippen LogP contribution >= 0.6 is 0 Å². The van der Waals surface area contributed by atoms with Gasteiger partial charge in [0.1, 0.15) is 0 Å². The summed E-state index contributed by atoms with van der Waals surface area (Å²) in [6, 6.07) is 0. The van der Waals surface area contributed by atoms with Gasteiger partial charge in [0.05, 0.1) is 0 Å². The van der Waals surface area contributed by atoms with Gasteiger partial charge in [0.2, 0.25) is 0 Å². The smallest absolute Gasteiger partial charge is 0.170 e. The van der Waals surface area contributed by atoms with E-state index in [9.17, 15) is 9.59 Å². The molecule has 9 heavy (non-hydrogen) atoms. The largest absolute Gasteiger partial charge is 0.378 e. The van der Waals surface area contributed by atoms with Crippen LogP contribution in [-0.4, -0.2) is 22.8 Å². The average Bonchev–Trinajstić information content (AvgIpc) is 1.64. The molecule has 0 spiro atoms. The minimum absolute atomic E-state index is 0. The fourth-order valence-electron chi connectivity index (χ4n) is 0.286. The van der Waals surface area contributed by atoms with Crippen LogP contribution in [0.3, 0.4) is 0 Å². The zero-order chi connectivity index (χ0) is 6.73. The normalized spacial score (nSPS) is 8.44. The first-order valence-corrected chi connectivity index (χ1v) is 2.24. The molecule has 50 valence electrons. The third-order valence-corrected chi connectivity index (χ3v) is 0.770. The van der Waals surface area contributed by atoms with E-state index in [4.69, 9.17) is 5.11 Å². The van der Waals surface area contributed by atoms with Crippen molar-refractivity contribution in [3.63, 3.8) is 0 Å². The van der Waals surface area contributed by atoms with Crippen molar-refractivity contribution >= 4 is 11.6 Å². The van der Waals surface area contributed by atoms with E-state index < -0.39 is 17.7 Å². The second kappa shape index (κ2) is 5.01. The van der Waals surface area contributed by atoms with Crippen LogP contribution < -0.4 is 0 Å². The number of aliphatic hydroxyl groups is 1. The van der Waals surface area contributed by atoms with Crippen molar-refractivity contribution in [2.24, 2.45) is 0 Å². The molecule has 4 heteroatoms. The number of carbonyl (C=O) groups excluding carboxylic acids is 2. The van der Waals surface area contributed by atoms with Crippen LogP contribution in [0.4, 0.5) is 0 Å². The molecule has 0 fully saturated rings. The monoisotopic (exact) mass is 206 g/mol. The first kappa shape index (κ1) is 11.9. The van der Waals surface area contributed by atoms with Gasteiger partial charge in [-0.2, -0.15) is 0 Å². The summed E-state index contributed by atoms with van der Waals surface area (Å²) >= 11 is 0. The Morgan fingerprint density at radius 1 is 1.22 bits per heavy atom. The predicted octanol–water partition coefficient (Wildman–Crippen LogP) is -0.477. The van der Waals surface area contributed by atoms with Crippen molar-refractivity contribution in [2.45, 2.75) is 20.0 Å². The molecule has 0 unspecified atom stereocenters. The van der Waals surface area contributed by atoms with Crippen LogP contribution in [0.25, 0.3) is 0 Å². The molecule has 0 rings (SSSR count). The number of Topliss-reactive ketones (excluding diaryl/α,β-unsaturated/α-hetero) is 2. The topological polar surface area (TPSA) is 54.4 Å². The SMILES string of the molecule is CC(=O)C(O)C(C)=O.[Zr]. The van der Waals surface area contributed by atoms with Gasteiger partial charge in [-0.15, -0.1) is 0 Å². The van der Waals surface area contributed by atoms with E-state index in [2.05, 4.69) is 0 Å². The number of rotatable bonds is 2. The predicted molar refractivity (Wildman–Crippen MR) is 27.4 cm³/mol. The summed E-state index contributed by atoms with van der Waals surface area (Å²) in [4.78, 5) is 20.2. The van der Waals surface area contributed by atoms with E-state index in [0.717, 1.165) is 0 Å². The second-order valence-electron chi connectivity index (χ2n) is 1.62. The Labute approximate surface area is 72.6 Å². The van der Waals surface area contributed by atoms with Crippen LogP contribution in [0.1, 0.15) is 13.8 Å². The Kier molecular flexibility index (Phi) is 6.63. The number of aliphatic hydroxyl groups excluding tert-OH is 1. The van der Waals surface area contributed by atoms with Crippen molar-refractivity contribution in [1.29, 1.82) is 0 Å². The summed E-state index contributed by atoms with van der Waals surface area (Å²) in [5, 5.41) is 8.50. The van der Waals surface area contributed by atoms with Crippen LogP contribution in [0.15, 0.2) is 0 Å². The molecule has 0 aromatic carbocycles. The summed E-state index contributed by atoms with van der Waals surface area (Å²) in [6.07, 6.45) is -1.41. The van der Waals surface area contributed by atoms with Crippen LogP contribution in [-0.2, 0) is 35.8 Å². The number of hydrogen-bond donors (Lipinski definition) is 1. The van der Waals surface area contributed by atoms with Gasteiger partial charge in [0.25, 0.3) is 0 Å². The van der Waals surface area contributed by atoms with Gasteiger partial charge in [0, 0.05) is 26.2 Å². The number of ketones is 2. The summed E-state index contributed by atoms with van der Waals surface area (Å²) in [5.41, 5.74) is 0. The molecular weight excluding hydrogens is 199 g/mol. The van der Waals surface area contributed by atoms with E-state index in [1.54, 1.807) is 0 Å². The third-order valence-electron chi connectivity index (χ3n) is 0.770. The standard InChI is InChI=1S/C5H8O3.Zr/c1-3(6)5(8)4(2)7;/h5,8H,1-2H3;. The Balaban J connectivity index is 0. The molecule has 0 radical (unpaired) electrons. The summed E-state index contributed by atoms with van der Waals surface area (Å²) < 4.78 is 0. The molecule has 0 aromatic rings. The average molecular weight is 207 g/mol. The molecule has 0 bridgehead atoms. The van der Waals surface area contributed by atoms with E-state index in [0.29, 0.717) is 0 Å². The maximum absolute atomic E-state index is 10.1. The van der Waals surface area contributed by atoms with Crippen molar-refractivity contribution in [3.05, 3.63) is 0 Å². The van der Waals surface area contributed by atoms with Crippen molar-refractivity contribution in [2.75, 3.05) is 0 Å². The minimum atomic E-state index is -1.41. The van der Waals surface area contributed by atoms with Gasteiger partial charge in [-0.3, -0.25) is 9.59 Å². The fraction of sp³-hybridized carbons (Fsp3) is 0.600. The van der Waals surface area contributed by atoms with Crippen LogP contribution in [0.2, 0.25) is 0 Å². The molecule has 0 amide bonds.